The zero-order valence-corrected chi connectivity index (χ0v) is 8.02. The van der Waals surface area contributed by atoms with Gasteiger partial charge in [0.05, 0.1) is 0 Å². The van der Waals surface area contributed by atoms with Crippen molar-refractivity contribution in [3.05, 3.63) is 0 Å². The zero-order valence-electron chi connectivity index (χ0n) is 7.20. The van der Waals surface area contributed by atoms with E-state index in [-0.39, 0.29) is 6.04 Å². The van der Waals surface area contributed by atoms with Crippen molar-refractivity contribution in [1.29, 1.82) is 0 Å². The number of thioether (sulfide) groups is 1. The lowest BCUT2D eigenvalue weighted by molar-refractivity contribution is -0.141. The highest BCUT2D eigenvalue weighted by Crippen LogP contribution is 1.98. The maximum Gasteiger partial charge on any atom is 0.320 e. The Morgan fingerprint density at radius 1 is 1.73 bits per heavy atom. The second kappa shape index (κ2) is 5.43. The van der Waals surface area contributed by atoms with Crippen molar-refractivity contribution >= 4 is 17.7 Å². The van der Waals surface area contributed by atoms with Crippen molar-refractivity contribution in [2.24, 2.45) is 0 Å². The van der Waals surface area contributed by atoms with Crippen LogP contribution in [0.15, 0.2) is 0 Å². The summed E-state index contributed by atoms with van der Waals surface area (Å²) in [4.78, 5) is 12.3. The fourth-order valence-corrected chi connectivity index (χ4v) is 1.09. The van der Waals surface area contributed by atoms with Gasteiger partial charge in [0, 0.05) is 12.3 Å². The lowest BCUT2D eigenvalue weighted by Crippen LogP contribution is -2.37. The molecule has 0 saturated heterocycles. The molecule has 3 nitrogen and oxygen atoms in total. The Kier molecular flexibility index (Phi) is 5.32. The van der Waals surface area contributed by atoms with Crippen LogP contribution < -0.4 is 0 Å². The Labute approximate surface area is 71.8 Å². The van der Waals surface area contributed by atoms with E-state index in [1.54, 1.807) is 18.7 Å². The molecule has 0 aromatic heterocycles. The maximum absolute atomic E-state index is 10.5. The monoisotopic (exact) mass is 177 g/mol. The number of rotatable bonds is 5. The van der Waals surface area contributed by atoms with Crippen molar-refractivity contribution in [1.82, 2.24) is 4.90 Å². The van der Waals surface area contributed by atoms with Crippen LogP contribution in [0, 0.1) is 0 Å². The summed E-state index contributed by atoms with van der Waals surface area (Å²) in [5.74, 6) is 0.224. The molecule has 0 aromatic carbocycles. The molecule has 0 aliphatic rings. The Morgan fingerprint density at radius 3 is 2.64 bits per heavy atom. The van der Waals surface area contributed by atoms with Gasteiger partial charge in [0.2, 0.25) is 0 Å². The van der Waals surface area contributed by atoms with Crippen LogP contribution in [-0.4, -0.2) is 47.6 Å². The van der Waals surface area contributed by atoms with Crippen LogP contribution in [-0.2, 0) is 4.79 Å². The average Bonchev–Trinajstić information content (AvgIpc) is 1.98. The summed E-state index contributed by atoms with van der Waals surface area (Å²) in [5, 5.41) is 8.60. The van der Waals surface area contributed by atoms with E-state index in [1.807, 2.05) is 18.2 Å². The van der Waals surface area contributed by atoms with Gasteiger partial charge in [-0.15, -0.1) is 0 Å². The Hall–Kier alpha value is -0.220. The van der Waals surface area contributed by atoms with Gasteiger partial charge in [-0.1, -0.05) is 0 Å². The summed E-state index contributed by atoms with van der Waals surface area (Å²) >= 11 is 1.72. The van der Waals surface area contributed by atoms with Crippen LogP contribution in [0.5, 0.6) is 0 Å². The first-order valence-electron chi connectivity index (χ1n) is 3.51. The summed E-state index contributed by atoms with van der Waals surface area (Å²) in [6.45, 7) is 2.53. The lowest BCUT2D eigenvalue weighted by Gasteiger charge is -2.19. The van der Waals surface area contributed by atoms with Crippen LogP contribution in [0.3, 0.4) is 0 Å². The van der Waals surface area contributed by atoms with E-state index in [9.17, 15) is 4.79 Å². The summed E-state index contributed by atoms with van der Waals surface area (Å²) in [7, 11) is 1.83. The van der Waals surface area contributed by atoms with Crippen molar-refractivity contribution < 1.29 is 9.90 Å². The third-order valence-electron chi connectivity index (χ3n) is 1.67. The molecule has 0 amide bonds. The quantitative estimate of drug-likeness (QED) is 0.673. The molecule has 0 bridgehead atoms. The van der Waals surface area contributed by atoms with Gasteiger partial charge in [-0.2, -0.15) is 11.8 Å². The molecule has 0 heterocycles. The van der Waals surface area contributed by atoms with Gasteiger partial charge in [0.15, 0.2) is 0 Å². The number of carbonyl (C=O) groups is 1. The molecule has 0 saturated carbocycles. The lowest BCUT2D eigenvalue weighted by atomic mass is 10.3. The van der Waals surface area contributed by atoms with E-state index in [1.165, 1.54) is 0 Å². The molecular weight excluding hydrogens is 162 g/mol. The highest BCUT2D eigenvalue weighted by molar-refractivity contribution is 7.98. The summed E-state index contributed by atoms with van der Waals surface area (Å²) in [6, 6.07) is -0.373. The highest BCUT2D eigenvalue weighted by Gasteiger charge is 2.15. The van der Waals surface area contributed by atoms with Gasteiger partial charge in [-0.05, 0) is 20.2 Å². The second-order valence-corrected chi connectivity index (χ2v) is 3.47. The molecular formula is C7H15NO2S. The number of nitrogens with zero attached hydrogens (tertiary/aromatic N) is 1. The first kappa shape index (κ1) is 10.8. The molecule has 1 N–H and O–H groups in total. The van der Waals surface area contributed by atoms with E-state index in [0.717, 1.165) is 12.3 Å². The Bertz CT molecular complexity index is 130. The van der Waals surface area contributed by atoms with E-state index in [0.29, 0.717) is 0 Å². The van der Waals surface area contributed by atoms with Gasteiger partial charge in [0.25, 0.3) is 0 Å². The normalized spacial score (nSPS) is 13.5. The minimum atomic E-state index is -0.756. The number of aliphatic carboxylic acids is 1. The molecule has 0 spiro atoms. The molecule has 0 aliphatic heterocycles. The van der Waals surface area contributed by atoms with E-state index in [4.69, 9.17) is 5.11 Å². The topological polar surface area (TPSA) is 40.5 Å². The number of hydrogen-bond acceptors (Lipinski definition) is 3. The molecule has 0 aliphatic carbocycles. The van der Waals surface area contributed by atoms with Crippen molar-refractivity contribution in [2.45, 2.75) is 13.0 Å². The predicted octanol–water partition coefficient (Wildman–Crippen LogP) is 0.754. The average molecular weight is 177 g/mol. The minimum absolute atomic E-state index is 0.373. The SMILES string of the molecule is CSCCN(C)C(C)C(=O)O. The molecule has 11 heavy (non-hydrogen) atoms. The van der Waals surface area contributed by atoms with E-state index >= 15 is 0 Å². The van der Waals surface area contributed by atoms with E-state index in [2.05, 4.69) is 0 Å². The number of likely N-dealkylation sites (N-methyl/N-ethyl adjacent to an activating group) is 1. The van der Waals surface area contributed by atoms with Crippen LogP contribution in [0.1, 0.15) is 6.92 Å². The fourth-order valence-electron chi connectivity index (χ4n) is 0.617. The number of carboxylic acids is 1. The minimum Gasteiger partial charge on any atom is -0.480 e. The third kappa shape index (κ3) is 4.27. The predicted molar refractivity (Wildman–Crippen MR) is 48.1 cm³/mol. The molecule has 4 heteroatoms. The first-order chi connectivity index (χ1) is 5.09. The molecule has 0 rings (SSSR count). The van der Waals surface area contributed by atoms with Crippen LogP contribution >= 0.6 is 11.8 Å². The van der Waals surface area contributed by atoms with Crippen molar-refractivity contribution in [2.75, 3.05) is 25.6 Å². The molecule has 1 atom stereocenters. The first-order valence-corrected chi connectivity index (χ1v) is 4.91. The Balaban J connectivity index is 3.63. The summed E-state index contributed by atoms with van der Waals surface area (Å²) in [5.41, 5.74) is 0. The molecule has 1 unspecified atom stereocenters. The zero-order chi connectivity index (χ0) is 8.85. The molecule has 0 radical (unpaired) electrons. The fraction of sp³-hybridized carbons (Fsp3) is 0.857. The smallest absolute Gasteiger partial charge is 0.320 e. The second-order valence-electron chi connectivity index (χ2n) is 2.49. The van der Waals surface area contributed by atoms with E-state index < -0.39 is 5.97 Å². The molecule has 0 aromatic rings. The van der Waals surface area contributed by atoms with Gasteiger partial charge in [-0.3, -0.25) is 9.69 Å². The van der Waals surface area contributed by atoms with Gasteiger partial charge >= 0.3 is 5.97 Å². The van der Waals surface area contributed by atoms with Gasteiger partial charge in [0.1, 0.15) is 6.04 Å². The molecule has 0 fully saturated rings. The van der Waals surface area contributed by atoms with Crippen LogP contribution in [0.4, 0.5) is 0 Å². The third-order valence-corrected chi connectivity index (χ3v) is 2.26. The summed E-state index contributed by atoms with van der Waals surface area (Å²) in [6.07, 6.45) is 2.01. The molecule has 66 valence electrons. The van der Waals surface area contributed by atoms with Gasteiger partial charge in [-0.25, -0.2) is 0 Å². The summed E-state index contributed by atoms with van der Waals surface area (Å²) < 4.78 is 0. The largest absolute Gasteiger partial charge is 0.480 e. The van der Waals surface area contributed by atoms with Gasteiger partial charge < -0.3 is 5.11 Å². The number of hydrogen-bond donors (Lipinski definition) is 1. The van der Waals surface area contributed by atoms with Crippen LogP contribution in [0.2, 0.25) is 0 Å². The maximum atomic E-state index is 10.5. The van der Waals surface area contributed by atoms with Crippen LogP contribution in [0.25, 0.3) is 0 Å². The van der Waals surface area contributed by atoms with Crippen molar-refractivity contribution in [3.8, 4) is 0 Å². The number of carboxylic acid groups (broad SMARTS) is 1. The standard InChI is InChI=1S/C7H15NO2S/c1-6(7(9)10)8(2)4-5-11-3/h6H,4-5H2,1-3H3,(H,9,10). The Morgan fingerprint density at radius 2 is 2.27 bits per heavy atom. The van der Waals surface area contributed by atoms with Crippen molar-refractivity contribution in [3.63, 3.8) is 0 Å². The highest BCUT2D eigenvalue weighted by atomic mass is 32.2.